The molecule has 25 heavy (non-hydrogen) atoms. The van der Waals surface area contributed by atoms with Gasteiger partial charge in [-0.05, 0) is 23.6 Å². The number of nitrogens with zero attached hydrogens (tertiary/aromatic N) is 2. The van der Waals surface area contributed by atoms with Gasteiger partial charge in [-0.3, -0.25) is 9.80 Å². The van der Waals surface area contributed by atoms with Crippen LogP contribution in [-0.4, -0.2) is 41.9 Å². The van der Waals surface area contributed by atoms with Gasteiger partial charge in [-0.1, -0.05) is 36.4 Å². The van der Waals surface area contributed by atoms with Crippen LogP contribution in [0.15, 0.2) is 34.2 Å². The molecule has 3 aliphatic rings. The maximum atomic E-state index is 12.6. The fourth-order valence-electron chi connectivity index (χ4n) is 4.00. The summed E-state index contributed by atoms with van der Waals surface area (Å²) in [5.74, 6) is 0. The molecule has 0 spiro atoms. The van der Waals surface area contributed by atoms with Crippen molar-refractivity contribution in [2.24, 2.45) is 5.10 Å². The number of benzene rings is 1. The van der Waals surface area contributed by atoms with E-state index in [0.29, 0.717) is 0 Å². The highest BCUT2D eigenvalue weighted by molar-refractivity contribution is 6.23. The largest absolute Gasteiger partial charge is 0.319 e. The Kier molecular flexibility index (Phi) is 3.35. The Morgan fingerprint density at radius 1 is 0.960 bits per heavy atom. The molecule has 2 heterocycles. The number of rotatable bonds is 1. The van der Waals surface area contributed by atoms with E-state index in [4.69, 9.17) is 5.10 Å². The van der Waals surface area contributed by atoms with Gasteiger partial charge in [0.25, 0.3) is 5.56 Å². The Morgan fingerprint density at radius 3 is 2.48 bits per heavy atom. The standard InChI is InChI=1S/C20H20N4O/c25-20-16-8-4-2-6-14(16)17-13-5-1-3-7-15(13)18(19(17)22-20)23-24-11-9-21-10-12-24/h1,3,5-8,21H,2,4,9-12H2,(H,22,25)/b23-18+. The average molecular weight is 332 g/mol. The van der Waals surface area contributed by atoms with E-state index in [1.807, 2.05) is 6.07 Å². The number of H-pyrrole nitrogens is 1. The summed E-state index contributed by atoms with van der Waals surface area (Å²) in [6, 6.07) is 8.34. The smallest absolute Gasteiger partial charge is 0.256 e. The van der Waals surface area contributed by atoms with E-state index in [2.05, 4.69) is 45.7 Å². The van der Waals surface area contributed by atoms with E-state index in [9.17, 15) is 4.79 Å². The third-order valence-corrected chi connectivity index (χ3v) is 5.18. The molecular formula is C20H20N4O. The summed E-state index contributed by atoms with van der Waals surface area (Å²) in [5.41, 5.74) is 5.17. The van der Waals surface area contributed by atoms with Crippen LogP contribution in [0.25, 0.3) is 23.3 Å². The van der Waals surface area contributed by atoms with Gasteiger partial charge in [0.05, 0.1) is 5.69 Å². The first-order valence-corrected chi connectivity index (χ1v) is 8.94. The maximum absolute atomic E-state index is 12.6. The van der Waals surface area contributed by atoms with Gasteiger partial charge in [-0.2, -0.15) is 5.10 Å². The van der Waals surface area contributed by atoms with Gasteiger partial charge in [0.15, 0.2) is 0 Å². The van der Waals surface area contributed by atoms with Crippen molar-refractivity contribution in [1.29, 1.82) is 0 Å². The summed E-state index contributed by atoms with van der Waals surface area (Å²) in [6.45, 7) is 3.65. The predicted molar refractivity (Wildman–Crippen MR) is 100.0 cm³/mol. The normalized spacial score (nSPS) is 19.7. The Labute approximate surface area is 145 Å². The van der Waals surface area contributed by atoms with Crippen LogP contribution in [0.3, 0.4) is 0 Å². The molecule has 0 radical (unpaired) electrons. The molecule has 0 saturated carbocycles. The minimum Gasteiger partial charge on any atom is -0.319 e. The fourth-order valence-corrected chi connectivity index (χ4v) is 4.00. The molecule has 0 bridgehead atoms. The lowest BCUT2D eigenvalue weighted by atomic mass is 10.0. The zero-order chi connectivity index (χ0) is 16.8. The minimum atomic E-state index is -0.00878. The molecule has 2 aromatic rings. The van der Waals surface area contributed by atoms with Crippen molar-refractivity contribution in [2.45, 2.75) is 12.8 Å². The molecule has 2 N–H and O–H groups in total. The Morgan fingerprint density at radius 2 is 1.68 bits per heavy atom. The molecule has 5 heteroatoms. The molecule has 1 aromatic heterocycles. The van der Waals surface area contributed by atoms with Gasteiger partial charge in [-0.25, -0.2) is 0 Å². The fraction of sp³-hybridized carbons (Fsp3) is 0.300. The monoisotopic (exact) mass is 332 g/mol. The van der Waals surface area contributed by atoms with Gasteiger partial charge in [0.1, 0.15) is 5.71 Å². The number of hydrogen-bond acceptors (Lipinski definition) is 4. The molecule has 5 nitrogen and oxygen atoms in total. The highest BCUT2D eigenvalue weighted by atomic mass is 16.1. The van der Waals surface area contributed by atoms with Crippen molar-refractivity contribution in [1.82, 2.24) is 15.3 Å². The van der Waals surface area contributed by atoms with Crippen LogP contribution < -0.4 is 21.3 Å². The van der Waals surface area contributed by atoms with E-state index in [-0.39, 0.29) is 5.56 Å². The number of fused-ring (bicyclic) bond motifs is 5. The van der Waals surface area contributed by atoms with E-state index >= 15 is 0 Å². The van der Waals surface area contributed by atoms with Crippen molar-refractivity contribution in [3.63, 3.8) is 0 Å². The molecule has 0 unspecified atom stereocenters. The lowest BCUT2D eigenvalue weighted by molar-refractivity contribution is 0.252. The number of nitrogens with one attached hydrogen (secondary N) is 2. The lowest BCUT2D eigenvalue weighted by Crippen LogP contribution is -2.44. The number of pyridine rings is 1. The van der Waals surface area contributed by atoms with E-state index < -0.39 is 0 Å². The Hall–Kier alpha value is -2.66. The topological polar surface area (TPSA) is 60.5 Å². The first-order chi connectivity index (χ1) is 12.3. The summed E-state index contributed by atoms with van der Waals surface area (Å²) in [5, 5.41) is 12.3. The molecule has 1 aliphatic heterocycles. The third-order valence-electron chi connectivity index (χ3n) is 5.18. The minimum absolute atomic E-state index is 0.00878. The summed E-state index contributed by atoms with van der Waals surface area (Å²) in [7, 11) is 0. The Bertz CT molecular complexity index is 1060. The molecule has 2 aliphatic carbocycles. The number of hydrazone groups is 1. The molecule has 0 atom stereocenters. The van der Waals surface area contributed by atoms with Crippen LogP contribution in [0, 0.1) is 0 Å². The second-order valence-corrected chi connectivity index (χ2v) is 6.71. The van der Waals surface area contributed by atoms with Gasteiger partial charge in [-0.15, -0.1) is 0 Å². The van der Waals surface area contributed by atoms with Gasteiger partial charge >= 0.3 is 0 Å². The van der Waals surface area contributed by atoms with Crippen molar-refractivity contribution in [2.75, 3.05) is 26.2 Å². The molecule has 126 valence electrons. The molecule has 1 fully saturated rings. The average Bonchev–Trinajstić information content (AvgIpc) is 2.97. The zero-order valence-electron chi connectivity index (χ0n) is 14.0. The van der Waals surface area contributed by atoms with Gasteiger partial charge in [0, 0.05) is 42.5 Å². The van der Waals surface area contributed by atoms with Crippen LogP contribution in [0.4, 0.5) is 0 Å². The van der Waals surface area contributed by atoms with Crippen LogP contribution >= 0.6 is 0 Å². The van der Waals surface area contributed by atoms with Crippen molar-refractivity contribution >= 4 is 17.9 Å². The first kappa shape index (κ1) is 14.7. The van der Waals surface area contributed by atoms with Crippen molar-refractivity contribution in [3.05, 3.63) is 56.3 Å². The predicted octanol–water partition coefficient (Wildman–Crippen LogP) is 0.368. The van der Waals surface area contributed by atoms with E-state index in [1.54, 1.807) is 0 Å². The summed E-state index contributed by atoms with van der Waals surface area (Å²) >= 11 is 0. The highest BCUT2D eigenvalue weighted by Crippen LogP contribution is 2.33. The third kappa shape index (κ3) is 2.27. The van der Waals surface area contributed by atoms with Crippen LogP contribution in [-0.2, 0) is 0 Å². The second-order valence-electron chi connectivity index (χ2n) is 6.71. The van der Waals surface area contributed by atoms with Crippen LogP contribution in [0.1, 0.15) is 24.1 Å². The number of hydrogen-bond donors (Lipinski definition) is 2. The number of aromatic nitrogens is 1. The lowest BCUT2D eigenvalue weighted by Gasteiger charge is -2.25. The number of aromatic amines is 1. The van der Waals surface area contributed by atoms with Crippen LogP contribution in [0.5, 0.6) is 0 Å². The SMILES string of the molecule is O=c1[nH]c2c(c3c1=CCCC=3)-c1ccccc1/C2=N\N1CCNCC1. The summed E-state index contributed by atoms with van der Waals surface area (Å²) in [6.07, 6.45) is 6.17. The first-order valence-electron chi connectivity index (χ1n) is 8.94. The number of piperazine rings is 1. The summed E-state index contributed by atoms with van der Waals surface area (Å²) < 4.78 is 0. The van der Waals surface area contributed by atoms with E-state index in [1.165, 1.54) is 5.56 Å². The van der Waals surface area contributed by atoms with Crippen molar-refractivity contribution < 1.29 is 0 Å². The quantitative estimate of drug-likeness (QED) is 0.677. The highest BCUT2D eigenvalue weighted by Gasteiger charge is 2.28. The van der Waals surface area contributed by atoms with E-state index in [0.717, 1.165) is 72.0 Å². The zero-order valence-corrected chi connectivity index (χ0v) is 14.0. The molecule has 1 aromatic carbocycles. The maximum Gasteiger partial charge on any atom is 0.256 e. The van der Waals surface area contributed by atoms with Gasteiger partial charge in [0.2, 0.25) is 0 Å². The molecule has 1 saturated heterocycles. The van der Waals surface area contributed by atoms with Crippen LogP contribution in [0.2, 0.25) is 0 Å². The second kappa shape index (κ2) is 5.70. The summed E-state index contributed by atoms with van der Waals surface area (Å²) in [4.78, 5) is 15.7. The molecule has 5 rings (SSSR count). The Balaban J connectivity index is 1.81. The van der Waals surface area contributed by atoms with Crippen molar-refractivity contribution in [3.8, 4) is 11.1 Å². The molecule has 0 amide bonds. The van der Waals surface area contributed by atoms with Gasteiger partial charge < -0.3 is 10.3 Å². The molecular weight excluding hydrogens is 312 g/mol.